The molecule has 7 heteroatoms. The highest BCUT2D eigenvalue weighted by molar-refractivity contribution is 5.79. The molecule has 2 fully saturated rings. The molecule has 0 amide bonds. The lowest BCUT2D eigenvalue weighted by molar-refractivity contribution is -0.00545. The second kappa shape index (κ2) is 11.1. The Balaban J connectivity index is 1.55. The normalized spacial score (nSPS) is 23.6. The van der Waals surface area contributed by atoms with E-state index in [1.165, 1.54) is 32.4 Å². The van der Waals surface area contributed by atoms with Gasteiger partial charge < -0.3 is 20.3 Å². The van der Waals surface area contributed by atoms with Gasteiger partial charge in [0.2, 0.25) is 0 Å². The maximum absolute atomic E-state index is 5.83. The summed E-state index contributed by atoms with van der Waals surface area (Å²) in [5.74, 6) is 1.88. The fraction of sp³-hybridized carbons (Fsp3) is 0.750. The van der Waals surface area contributed by atoms with Gasteiger partial charge in [0, 0.05) is 37.9 Å². The highest BCUT2D eigenvalue weighted by Gasteiger charge is 2.28. The average Bonchev–Trinajstić information content (AvgIpc) is 2.76. The summed E-state index contributed by atoms with van der Waals surface area (Å²) < 4.78 is 5.83. The minimum Gasteiger partial charge on any atom is -0.372 e. The molecule has 2 unspecified atom stereocenters. The monoisotopic (exact) mass is 430 g/mol. The number of nitrogens with zero attached hydrogens (tertiary/aromatic N) is 4. The van der Waals surface area contributed by atoms with E-state index >= 15 is 0 Å². The summed E-state index contributed by atoms with van der Waals surface area (Å²) in [6, 6.07) is 4.24. The summed E-state index contributed by atoms with van der Waals surface area (Å²) in [6.45, 7) is 17.5. The molecule has 2 saturated heterocycles. The number of piperidine rings is 1. The minimum absolute atomic E-state index is 0.117. The zero-order valence-corrected chi connectivity index (χ0v) is 20.2. The average molecular weight is 431 g/mol. The van der Waals surface area contributed by atoms with Gasteiger partial charge in [-0.3, -0.25) is 4.90 Å². The third-order valence-electron chi connectivity index (χ3n) is 6.22. The molecule has 1 aromatic rings. The van der Waals surface area contributed by atoms with Crippen LogP contribution in [-0.2, 0) is 11.3 Å². The van der Waals surface area contributed by atoms with Crippen molar-refractivity contribution in [2.24, 2.45) is 4.99 Å². The topological polar surface area (TPSA) is 65.0 Å². The van der Waals surface area contributed by atoms with Gasteiger partial charge in [-0.15, -0.1) is 0 Å². The number of hydrogen-bond acceptors (Lipinski definition) is 5. The first-order valence-electron chi connectivity index (χ1n) is 12.0. The van der Waals surface area contributed by atoms with Crippen LogP contribution in [-0.4, -0.2) is 72.9 Å². The van der Waals surface area contributed by atoms with Crippen molar-refractivity contribution in [3.63, 3.8) is 0 Å². The van der Waals surface area contributed by atoms with Crippen molar-refractivity contribution in [1.82, 2.24) is 20.5 Å². The van der Waals surface area contributed by atoms with Crippen LogP contribution in [0.2, 0.25) is 0 Å². The summed E-state index contributed by atoms with van der Waals surface area (Å²) in [5.41, 5.74) is 1.23. The van der Waals surface area contributed by atoms with Crippen LogP contribution in [0.15, 0.2) is 23.3 Å². The largest absolute Gasteiger partial charge is 0.372 e. The second-order valence-electron chi connectivity index (χ2n) is 9.60. The van der Waals surface area contributed by atoms with E-state index in [4.69, 9.17) is 14.7 Å². The fourth-order valence-electron chi connectivity index (χ4n) is 4.49. The van der Waals surface area contributed by atoms with Crippen molar-refractivity contribution in [3.8, 4) is 0 Å². The van der Waals surface area contributed by atoms with E-state index in [1.807, 2.05) is 6.20 Å². The molecular formula is C24H42N6O. The van der Waals surface area contributed by atoms with E-state index in [1.54, 1.807) is 0 Å². The molecule has 1 aromatic heterocycles. The Hall–Kier alpha value is -1.86. The maximum Gasteiger partial charge on any atom is 0.191 e. The first kappa shape index (κ1) is 23.8. The fourth-order valence-corrected chi connectivity index (χ4v) is 4.49. The Bertz CT molecular complexity index is 689. The van der Waals surface area contributed by atoms with Gasteiger partial charge in [0.1, 0.15) is 5.82 Å². The Morgan fingerprint density at radius 2 is 1.84 bits per heavy atom. The number of rotatable bonds is 7. The summed E-state index contributed by atoms with van der Waals surface area (Å²) in [7, 11) is 0. The SMILES string of the molecule is CCNC(=NCc1ccc(N2CC(C)OC(C)C2)nc1)NCC(C)(C)N1CCCCC1. The predicted octanol–water partition coefficient (Wildman–Crippen LogP) is 3.01. The third kappa shape index (κ3) is 7.07. The number of guanidine groups is 1. The summed E-state index contributed by atoms with van der Waals surface area (Å²) >= 11 is 0. The highest BCUT2D eigenvalue weighted by atomic mass is 16.5. The molecule has 2 N–H and O–H groups in total. The van der Waals surface area contributed by atoms with Crippen LogP contribution < -0.4 is 15.5 Å². The molecule has 3 rings (SSSR count). The van der Waals surface area contributed by atoms with Gasteiger partial charge in [-0.1, -0.05) is 12.5 Å². The number of anilines is 1. The molecule has 2 aliphatic rings. The first-order chi connectivity index (χ1) is 14.9. The lowest BCUT2D eigenvalue weighted by atomic mass is 9.98. The Labute approximate surface area is 188 Å². The molecule has 174 valence electrons. The molecule has 0 radical (unpaired) electrons. The zero-order valence-electron chi connectivity index (χ0n) is 20.2. The smallest absolute Gasteiger partial charge is 0.191 e. The zero-order chi connectivity index (χ0) is 22.3. The highest BCUT2D eigenvalue weighted by Crippen LogP contribution is 2.20. The number of aliphatic imine (C=N–C) groups is 1. The van der Waals surface area contributed by atoms with Gasteiger partial charge in [-0.25, -0.2) is 9.98 Å². The van der Waals surface area contributed by atoms with Crippen LogP contribution in [0.1, 0.15) is 59.4 Å². The lowest BCUT2D eigenvalue weighted by Crippen LogP contribution is -2.54. The lowest BCUT2D eigenvalue weighted by Gasteiger charge is -2.41. The van der Waals surface area contributed by atoms with Crippen molar-refractivity contribution < 1.29 is 4.74 Å². The van der Waals surface area contributed by atoms with Crippen LogP contribution in [0.5, 0.6) is 0 Å². The van der Waals surface area contributed by atoms with Crippen LogP contribution in [0.4, 0.5) is 5.82 Å². The van der Waals surface area contributed by atoms with Crippen molar-refractivity contribution in [3.05, 3.63) is 23.9 Å². The number of likely N-dealkylation sites (tertiary alicyclic amines) is 1. The van der Waals surface area contributed by atoms with Gasteiger partial charge in [-0.2, -0.15) is 0 Å². The quantitative estimate of drug-likeness (QED) is 0.512. The van der Waals surface area contributed by atoms with Crippen molar-refractivity contribution >= 4 is 11.8 Å². The van der Waals surface area contributed by atoms with Crippen LogP contribution >= 0.6 is 0 Å². The molecule has 0 spiro atoms. The summed E-state index contributed by atoms with van der Waals surface area (Å²) in [5, 5.41) is 6.93. The number of hydrogen-bond donors (Lipinski definition) is 2. The maximum atomic E-state index is 5.83. The minimum atomic E-state index is 0.117. The molecule has 0 aromatic carbocycles. The molecule has 0 aliphatic carbocycles. The van der Waals surface area contributed by atoms with E-state index in [9.17, 15) is 0 Å². The Kier molecular flexibility index (Phi) is 8.55. The van der Waals surface area contributed by atoms with Crippen molar-refractivity contribution in [2.45, 2.75) is 78.2 Å². The summed E-state index contributed by atoms with van der Waals surface area (Å²) in [4.78, 5) is 14.4. The van der Waals surface area contributed by atoms with Crippen LogP contribution in [0.25, 0.3) is 0 Å². The summed E-state index contributed by atoms with van der Waals surface area (Å²) in [6.07, 6.45) is 6.40. The molecule has 3 heterocycles. The third-order valence-corrected chi connectivity index (χ3v) is 6.22. The van der Waals surface area contributed by atoms with Crippen LogP contribution in [0.3, 0.4) is 0 Å². The number of pyridine rings is 1. The van der Waals surface area contributed by atoms with Crippen LogP contribution in [0, 0.1) is 0 Å². The molecule has 0 saturated carbocycles. The van der Waals surface area contributed by atoms with E-state index < -0.39 is 0 Å². The Morgan fingerprint density at radius 3 is 2.45 bits per heavy atom. The van der Waals surface area contributed by atoms with Gasteiger partial charge in [0.15, 0.2) is 5.96 Å². The van der Waals surface area contributed by atoms with E-state index in [2.05, 4.69) is 67.2 Å². The second-order valence-corrected chi connectivity index (χ2v) is 9.60. The van der Waals surface area contributed by atoms with Gasteiger partial charge in [0.05, 0.1) is 18.8 Å². The number of morpholine rings is 1. The molecule has 2 aliphatic heterocycles. The Morgan fingerprint density at radius 1 is 1.13 bits per heavy atom. The first-order valence-corrected chi connectivity index (χ1v) is 12.0. The molecular weight excluding hydrogens is 388 g/mol. The standard InChI is InChI=1S/C24H42N6O/c1-6-25-23(28-18-24(4,5)30-12-8-7-9-13-30)27-15-21-10-11-22(26-14-21)29-16-19(2)31-20(3)17-29/h10-11,14,19-20H,6-9,12-13,15-18H2,1-5H3,(H2,25,27,28). The van der Waals surface area contributed by atoms with E-state index in [0.717, 1.165) is 43.5 Å². The number of nitrogens with one attached hydrogen (secondary N) is 2. The molecule has 31 heavy (non-hydrogen) atoms. The van der Waals surface area contributed by atoms with Gasteiger partial charge in [0.25, 0.3) is 0 Å². The van der Waals surface area contributed by atoms with Crippen molar-refractivity contribution in [1.29, 1.82) is 0 Å². The molecule has 2 atom stereocenters. The van der Waals surface area contributed by atoms with Gasteiger partial charge in [-0.05, 0) is 72.2 Å². The molecule has 0 bridgehead atoms. The van der Waals surface area contributed by atoms with Crippen molar-refractivity contribution in [2.75, 3.05) is 44.2 Å². The van der Waals surface area contributed by atoms with Gasteiger partial charge >= 0.3 is 0 Å². The predicted molar refractivity (Wildman–Crippen MR) is 129 cm³/mol. The molecule has 7 nitrogen and oxygen atoms in total. The van der Waals surface area contributed by atoms with E-state index in [-0.39, 0.29) is 17.7 Å². The number of aromatic nitrogens is 1. The van der Waals surface area contributed by atoms with E-state index in [0.29, 0.717) is 6.54 Å². The number of ether oxygens (including phenoxy) is 1.